The number of carbonyl (C=O) groups excluding carboxylic acids is 2. The van der Waals surface area contributed by atoms with Gasteiger partial charge in [0.05, 0.1) is 25.6 Å². The van der Waals surface area contributed by atoms with Gasteiger partial charge in [0.1, 0.15) is 19.4 Å². The van der Waals surface area contributed by atoms with Crippen LogP contribution in [-0.2, 0) is 20.9 Å². The average molecular weight is 460 g/mol. The number of amides is 2. The van der Waals surface area contributed by atoms with Gasteiger partial charge in [-0.1, -0.05) is 30.3 Å². The molecule has 33 heavy (non-hydrogen) atoms. The van der Waals surface area contributed by atoms with Crippen molar-refractivity contribution in [2.45, 2.75) is 19.2 Å². The first-order valence-corrected chi connectivity index (χ1v) is 10.1. The molecule has 0 spiro atoms. The zero-order valence-corrected chi connectivity index (χ0v) is 17.6. The van der Waals surface area contributed by atoms with E-state index in [-0.39, 0.29) is 25.0 Å². The minimum absolute atomic E-state index is 0.0240. The monoisotopic (exact) mass is 460 g/mol. The Morgan fingerprint density at radius 3 is 2.85 bits per heavy atom. The summed E-state index contributed by atoms with van der Waals surface area (Å²) in [5.41, 5.74) is 0.747. The highest BCUT2D eigenvalue weighted by molar-refractivity contribution is 5.81. The Bertz CT molecular complexity index is 965. The Balaban J connectivity index is 1.55. The molecule has 0 unspecified atom stereocenters. The zero-order valence-electron chi connectivity index (χ0n) is 17.6. The number of carboxylic acids is 1. The van der Waals surface area contributed by atoms with Crippen LogP contribution in [0.15, 0.2) is 45.9 Å². The van der Waals surface area contributed by atoms with Gasteiger partial charge in [-0.2, -0.15) is 0 Å². The van der Waals surface area contributed by atoms with Crippen LogP contribution in [0.25, 0.3) is 0 Å². The van der Waals surface area contributed by atoms with Crippen molar-refractivity contribution in [3.05, 3.63) is 42.0 Å². The van der Waals surface area contributed by atoms with Crippen LogP contribution in [-0.4, -0.2) is 67.1 Å². The smallest absolute Gasteiger partial charge is 0.409 e. The third-order valence-corrected chi connectivity index (χ3v) is 4.36. The number of carbonyl (C=O) groups is 3. The summed E-state index contributed by atoms with van der Waals surface area (Å²) in [4.78, 5) is 40.2. The van der Waals surface area contributed by atoms with Crippen LogP contribution >= 0.6 is 0 Å². The number of nitrogens with one attached hydrogen (secondary N) is 3. The number of alkyl carbamates (subject to hydrolysis) is 1. The molecule has 2 amide bonds. The lowest BCUT2D eigenvalue weighted by Gasteiger charge is -2.24. The number of benzene rings is 1. The van der Waals surface area contributed by atoms with Crippen LogP contribution in [0.3, 0.4) is 0 Å². The number of aromatic nitrogens is 1. The molecule has 1 atom stereocenters. The van der Waals surface area contributed by atoms with E-state index < -0.39 is 24.6 Å². The number of aliphatic carboxylic acids is 1. The second kappa shape index (κ2) is 11.9. The molecule has 0 fully saturated rings. The summed E-state index contributed by atoms with van der Waals surface area (Å²) in [6, 6.07) is 10.2. The molecule has 1 aromatic heterocycles. The molecule has 3 rings (SSSR count). The molecular formula is C20H24N6O7. The third-order valence-electron chi connectivity index (χ3n) is 4.36. The largest absolute Gasteiger partial charge is 0.481 e. The molecular weight excluding hydrogens is 436 g/mol. The predicted molar refractivity (Wildman–Crippen MR) is 115 cm³/mol. The molecule has 2 heterocycles. The first-order valence-electron chi connectivity index (χ1n) is 10.1. The Hall–Kier alpha value is -4.29. The van der Waals surface area contributed by atoms with E-state index in [1.807, 2.05) is 6.07 Å². The fourth-order valence-corrected chi connectivity index (χ4v) is 2.85. The van der Waals surface area contributed by atoms with Gasteiger partial charge in [0.25, 0.3) is 5.88 Å². The van der Waals surface area contributed by atoms with Gasteiger partial charge in [-0.15, -0.1) is 0 Å². The molecule has 2 aromatic rings. The zero-order chi connectivity index (χ0) is 23.5. The Labute approximate surface area is 188 Å². The molecule has 1 aliphatic heterocycles. The summed E-state index contributed by atoms with van der Waals surface area (Å²) in [5, 5.41) is 21.4. The van der Waals surface area contributed by atoms with E-state index in [0.29, 0.717) is 25.5 Å². The van der Waals surface area contributed by atoms with Gasteiger partial charge >= 0.3 is 12.1 Å². The van der Waals surface area contributed by atoms with E-state index in [9.17, 15) is 19.5 Å². The fraction of sp³-hybridized carbons (Fsp3) is 0.350. The van der Waals surface area contributed by atoms with Crippen molar-refractivity contribution in [1.82, 2.24) is 21.1 Å². The van der Waals surface area contributed by atoms with Gasteiger partial charge in [0, 0.05) is 6.54 Å². The van der Waals surface area contributed by atoms with Crippen LogP contribution in [0.4, 0.5) is 10.7 Å². The molecule has 13 heteroatoms. The van der Waals surface area contributed by atoms with Gasteiger partial charge in [0.15, 0.2) is 5.96 Å². The minimum atomic E-state index is -1.28. The highest BCUT2D eigenvalue weighted by Crippen LogP contribution is 2.22. The van der Waals surface area contributed by atoms with Crippen LogP contribution in [0.5, 0.6) is 5.88 Å². The Morgan fingerprint density at radius 1 is 1.33 bits per heavy atom. The number of hydrogen-bond acceptors (Lipinski definition) is 10. The summed E-state index contributed by atoms with van der Waals surface area (Å²) in [7, 11) is 0. The number of rotatable bonds is 12. The van der Waals surface area contributed by atoms with E-state index >= 15 is 0 Å². The van der Waals surface area contributed by atoms with Crippen LogP contribution in [0.1, 0.15) is 12.0 Å². The average Bonchev–Trinajstić information content (AvgIpc) is 3.49. The van der Waals surface area contributed by atoms with Gasteiger partial charge in [-0.3, -0.25) is 24.8 Å². The molecule has 0 bridgehead atoms. The van der Waals surface area contributed by atoms with Gasteiger partial charge < -0.3 is 29.7 Å². The second-order valence-corrected chi connectivity index (χ2v) is 6.77. The minimum Gasteiger partial charge on any atom is -0.481 e. The molecule has 1 aliphatic rings. The summed E-state index contributed by atoms with van der Waals surface area (Å²) < 4.78 is 15.7. The highest BCUT2D eigenvalue weighted by Gasteiger charge is 2.27. The van der Waals surface area contributed by atoms with Crippen LogP contribution in [0, 0.1) is 0 Å². The second-order valence-electron chi connectivity index (χ2n) is 6.77. The van der Waals surface area contributed by atoms with E-state index in [0.717, 1.165) is 17.0 Å². The van der Waals surface area contributed by atoms with Crippen molar-refractivity contribution in [3.63, 3.8) is 0 Å². The topological polar surface area (TPSA) is 168 Å². The summed E-state index contributed by atoms with van der Waals surface area (Å²) >= 11 is 0. The lowest BCUT2D eigenvalue weighted by Crippen LogP contribution is -2.49. The number of hydrogen-bond donors (Lipinski definition) is 4. The van der Waals surface area contributed by atoms with E-state index in [1.165, 1.54) is 6.07 Å². The van der Waals surface area contributed by atoms with Crippen molar-refractivity contribution >= 4 is 30.3 Å². The van der Waals surface area contributed by atoms with E-state index in [2.05, 4.69) is 26.1 Å². The lowest BCUT2D eigenvalue weighted by atomic mass is 10.2. The molecule has 0 aliphatic carbocycles. The van der Waals surface area contributed by atoms with Gasteiger partial charge in [0.2, 0.25) is 12.3 Å². The number of aliphatic imine (C=N–C) groups is 1. The fourth-order valence-electron chi connectivity index (χ4n) is 2.85. The summed E-state index contributed by atoms with van der Waals surface area (Å²) in [6.45, 7) is 2.15. The molecule has 1 aromatic carbocycles. The Kier molecular flexibility index (Phi) is 8.45. The van der Waals surface area contributed by atoms with Crippen molar-refractivity contribution in [2.24, 2.45) is 4.99 Å². The molecule has 0 saturated heterocycles. The standard InChI is InChI=1S/C20H24N6O7/c27-13-26(17-11-16(25-33-17)31-9-8-23-19-21-6-7-22-19)15(10-18(28)29)24-20(30)32-12-14-4-2-1-3-5-14/h1-5,11,13,15H,6-10,12H2,(H,24,30)(H,28,29)(H2,21,22,23)/t15-/m0/s1. The van der Waals surface area contributed by atoms with Crippen LogP contribution in [0.2, 0.25) is 0 Å². The number of carboxylic acid groups (broad SMARTS) is 1. The third kappa shape index (κ3) is 7.41. The number of ether oxygens (including phenoxy) is 2. The van der Waals surface area contributed by atoms with Crippen molar-refractivity contribution in [2.75, 3.05) is 31.1 Å². The Morgan fingerprint density at radius 2 is 2.15 bits per heavy atom. The summed E-state index contributed by atoms with van der Waals surface area (Å²) in [5.74, 6) is -0.584. The van der Waals surface area contributed by atoms with Gasteiger partial charge in [-0.05, 0) is 10.7 Å². The molecule has 0 saturated carbocycles. The van der Waals surface area contributed by atoms with Crippen LogP contribution < -0.4 is 25.6 Å². The number of guanidine groups is 1. The van der Waals surface area contributed by atoms with Crippen molar-refractivity contribution in [1.29, 1.82) is 0 Å². The SMILES string of the molecule is O=CN(c1cc(OCCNC2=NCCN2)no1)[C@@H](CC(=O)O)NC(=O)OCc1ccccc1. The lowest BCUT2D eigenvalue weighted by molar-refractivity contribution is -0.137. The predicted octanol–water partition coefficient (Wildman–Crippen LogP) is 0.292. The maximum atomic E-state index is 12.2. The van der Waals surface area contributed by atoms with Gasteiger partial charge in [-0.25, -0.2) is 4.79 Å². The normalized spacial score (nSPS) is 13.3. The number of anilines is 1. The molecule has 13 nitrogen and oxygen atoms in total. The maximum absolute atomic E-state index is 12.2. The highest BCUT2D eigenvalue weighted by atomic mass is 16.6. The summed E-state index contributed by atoms with van der Waals surface area (Å²) in [6.07, 6.45) is -2.46. The van der Waals surface area contributed by atoms with E-state index in [4.69, 9.17) is 14.0 Å². The molecule has 0 radical (unpaired) electrons. The number of nitrogens with zero attached hydrogens (tertiary/aromatic N) is 3. The first-order chi connectivity index (χ1) is 16.0. The maximum Gasteiger partial charge on any atom is 0.409 e. The van der Waals surface area contributed by atoms with Crippen molar-refractivity contribution in [3.8, 4) is 5.88 Å². The first kappa shape index (κ1) is 23.4. The van der Waals surface area contributed by atoms with E-state index in [1.54, 1.807) is 24.3 Å². The molecule has 176 valence electrons. The quantitative estimate of drug-likeness (QED) is 0.196. The van der Waals surface area contributed by atoms with Crippen molar-refractivity contribution < 1.29 is 33.5 Å². The molecule has 4 N–H and O–H groups in total.